The summed E-state index contributed by atoms with van der Waals surface area (Å²) in [5, 5.41) is 21.4. The molecular formula is C16H16N6O2. The van der Waals surface area contributed by atoms with Crippen LogP contribution in [0.25, 0.3) is 0 Å². The molecule has 8 heteroatoms. The minimum Gasteiger partial charge on any atom is -0.494 e. The zero-order chi connectivity index (χ0) is 17.4. The second kappa shape index (κ2) is 8.30. The highest BCUT2D eigenvalue weighted by molar-refractivity contribution is 5.93. The van der Waals surface area contributed by atoms with E-state index in [4.69, 9.17) is 15.3 Å². The molecule has 1 amide bonds. The molecule has 0 aliphatic heterocycles. The summed E-state index contributed by atoms with van der Waals surface area (Å²) in [6, 6.07) is 10.9. The van der Waals surface area contributed by atoms with E-state index >= 15 is 0 Å². The maximum atomic E-state index is 12.5. The molecule has 0 atom stereocenters. The van der Waals surface area contributed by atoms with Gasteiger partial charge in [-0.3, -0.25) is 4.79 Å². The topological polar surface area (TPSA) is 108 Å². The van der Waals surface area contributed by atoms with Gasteiger partial charge < -0.3 is 9.64 Å². The summed E-state index contributed by atoms with van der Waals surface area (Å²) in [6.07, 6.45) is 1.54. The lowest BCUT2D eigenvalue weighted by molar-refractivity contribution is -0.119. The van der Waals surface area contributed by atoms with Gasteiger partial charge in [-0.1, -0.05) is 0 Å². The number of hydrogen-bond donors (Lipinski definition) is 0. The molecule has 0 radical (unpaired) electrons. The van der Waals surface area contributed by atoms with Crippen LogP contribution < -0.4 is 9.64 Å². The highest BCUT2D eigenvalue weighted by Crippen LogP contribution is 2.20. The first kappa shape index (κ1) is 17.0. The third-order valence-corrected chi connectivity index (χ3v) is 3.14. The van der Waals surface area contributed by atoms with Crippen LogP contribution in [0.5, 0.6) is 5.75 Å². The minimum atomic E-state index is -0.246. The van der Waals surface area contributed by atoms with Crippen molar-refractivity contribution < 1.29 is 9.53 Å². The fourth-order valence-corrected chi connectivity index (χ4v) is 2.09. The molecular weight excluding hydrogens is 308 g/mol. The Morgan fingerprint density at radius 3 is 2.67 bits per heavy atom. The molecule has 2 rings (SSSR count). The van der Waals surface area contributed by atoms with Crippen LogP contribution >= 0.6 is 0 Å². The van der Waals surface area contributed by atoms with Crippen molar-refractivity contribution in [3.05, 3.63) is 36.4 Å². The molecule has 0 spiro atoms. The predicted octanol–water partition coefficient (Wildman–Crippen LogP) is 1.50. The number of rotatable bonds is 7. The Morgan fingerprint density at radius 1 is 1.33 bits per heavy atom. The Balaban J connectivity index is 2.15. The molecule has 122 valence electrons. The zero-order valence-corrected chi connectivity index (χ0v) is 13.2. The van der Waals surface area contributed by atoms with Gasteiger partial charge in [-0.25, -0.2) is 9.67 Å². The highest BCUT2D eigenvalue weighted by Gasteiger charge is 2.17. The molecule has 0 fully saturated rings. The Morgan fingerprint density at radius 2 is 2.08 bits per heavy atom. The zero-order valence-electron chi connectivity index (χ0n) is 13.2. The molecule has 0 unspecified atom stereocenters. The van der Waals surface area contributed by atoms with Crippen molar-refractivity contribution in [1.29, 1.82) is 10.5 Å². The van der Waals surface area contributed by atoms with Gasteiger partial charge in [0.15, 0.2) is 0 Å². The van der Waals surface area contributed by atoms with Crippen molar-refractivity contribution in [2.24, 2.45) is 0 Å². The van der Waals surface area contributed by atoms with Crippen LogP contribution in [0.4, 0.5) is 5.69 Å². The van der Waals surface area contributed by atoms with Crippen molar-refractivity contribution in [2.75, 3.05) is 18.1 Å². The van der Waals surface area contributed by atoms with Crippen LogP contribution in [0.3, 0.4) is 0 Å². The van der Waals surface area contributed by atoms with E-state index < -0.39 is 0 Å². The number of nitrogens with zero attached hydrogens (tertiary/aromatic N) is 6. The fraction of sp³-hybridized carbons (Fsp3) is 0.312. The average molecular weight is 324 g/mol. The van der Waals surface area contributed by atoms with Crippen molar-refractivity contribution in [2.45, 2.75) is 19.9 Å². The molecule has 1 heterocycles. The van der Waals surface area contributed by atoms with E-state index in [1.165, 1.54) is 15.9 Å². The minimum absolute atomic E-state index is 0.00689. The Kier molecular flexibility index (Phi) is 5.87. The van der Waals surface area contributed by atoms with Gasteiger partial charge in [0.2, 0.25) is 5.91 Å². The molecule has 1 aromatic heterocycles. The maximum Gasteiger partial charge on any atom is 0.252 e. The molecule has 0 aliphatic rings. The lowest BCUT2D eigenvalue weighted by Crippen LogP contribution is -2.34. The number of hydrogen-bond acceptors (Lipinski definition) is 6. The van der Waals surface area contributed by atoms with Gasteiger partial charge >= 0.3 is 0 Å². The largest absolute Gasteiger partial charge is 0.494 e. The van der Waals surface area contributed by atoms with Crippen LogP contribution in [0.15, 0.2) is 30.6 Å². The number of ether oxygens (including phenoxy) is 1. The third-order valence-electron chi connectivity index (χ3n) is 3.14. The quantitative estimate of drug-likeness (QED) is 0.763. The van der Waals surface area contributed by atoms with E-state index in [9.17, 15) is 4.79 Å². The predicted molar refractivity (Wildman–Crippen MR) is 84.9 cm³/mol. The summed E-state index contributed by atoms with van der Waals surface area (Å²) in [7, 11) is 0. The van der Waals surface area contributed by atoms with E-state index in [1.54, 1.807) is 24.3 Å². The van der Waals surface area contributed by atoms with Crippen LogP contribution in [-0.2, 0) is 11.3 Å². The summed E-state index contributed by atoms with van der Waals surface area (Å²) in [5.74, 6) is 0.472. The normalized spacial score (nSPS) is 9.79. The lowest BCUT2D eigenvalue weighted by Gasteiger charge is -2.22. The molecule has 8 nitrogen and oxygen atoms in total. The standard InChI is InChI=1S/C16H16N6O2/c1-2-24-14-6-4-13(5-7-14)22(9-3-8-17)16(23)11-21-12-19-15(10-18)20-21/h4-7,12H,2-3,9,11H2,1H3. The van der Waals surface area contributed by atoms with Crippen LogP contribution in [-0.4, -0.2) is 33.8 Å². The van der Waals surface area contributed by atoms with Gasteiger partial charge in [0, 0.05) is 12.2 Å². The van der Waals surface area contributed by atoms with E-state index in [2.05, 4.69) is 10.1 Å². The second-order valence-electron chi connectivity index (χ2n) is 4.76. The van der Waals surface area contributed by atoms with E-state index in [0.29, 0.717) is 18.0 Å². The summed E-state index contributed by atoms with van der Waals surface area (Å²) < 4.78 is 6.68. The van der Waals surface area contributed by atoms with Crippen molar-refractivity contribution in [3.8, 4) is 17.9 Å². The van der Waals surface area contributed by atoms with Crippen molar-refractivity contribution in [1.82, 2.24) is 14.8 Å². The van der Waals surface area contributed by atoms with Crippen LogP contribution in [0.2, 0.25) is 0 Å². The molecule has 0 aliphatic carbocycles. The van der Waals surface area contributed by atoms with Gasteiger partial charge in [0.25, 0.3) is 5.82 Å². The van der Waals surface area contributed by atoms with Gasteiger partial charge in [0.05, 0.1) is 19.1 Å². The molecule has 1 aromatic carbocycles. The van der Waals surface area contributed by atoms with Gasteiger partial charge in [-0.15, -0.1) is 5.10 Å². The number of aromatic nitrogens is 3. The highest BCUT2D eigenvalue weighted by atomic mass is 16.5. The monoisotopic (exact) mass is 324 g/mol. The van der Waals surface area contributed by atoms with Crippen molar-refractivity contribution in [3.63, 3.8) is 0 Å². The number of benzene rings is 1. The van der Waals surface area contributed by atoms with Crippen molar-refractivity contribution >= 4 is 11.6 Å². The molecule has 0 saturated heterocycles. The molecule has 2 aromatic rings. The first-order chi connectivity index (χ1) is 11.7. The van der Waals surface area contributed by atoms with E-state index in [1.807, 2.05) is 19.1 Å². The fourth-order valence-electron chi connectivity index (χ4n) is 2.09. The average Bonchev–Trinajstić information content (AvgIpc) is 3.04. The van der Waals surface area contributed by atoms with E-state index in [-0.39, 0.29) is 31.2 Å². The number of nitriles is 2. The number of amides is 1. The third kappa shape index (κ3) is 4.31. The van der Waals surface area contributed by atoms with Crippen LogP contribution in [0, 0.1) is 22.7 Å². The van der Waals surface area contributed by atoms with Gasteiger partial charge in [0.1, 0.15) is 24.7 Å². The van der Waals surface area contributed by atoms with E-state index in [0.717, 1.165) is 0 Å². The first-order valence-corrected chi connectivity index (χ1v) is 7.37. The number of carbonyl (C=O) groups is 1. The lowest BCUT2D eigenvalue weighted by atomic mass is 10.2. The molecule has 0 bridgehead atoms. The molecule has 0 N–H and O–H groups in total. The first-order valence-electron chi connectivity index (χ1n) is 7.37. The summed E-state index contributed by atoms with van der Waals surface area (Å²) in [6.45, 7) is 2.66. The maximum absolute atomic E-state index is 12.5. The SMILES string of the molecule is CCOc1ccc(N(CCC#N)C(=O)Cn2cnc(C#N)n2)cc1. The summed E-state index contributed by atoms with van der Waals surface area (Å²) >= 11 is 0. The number of carbonyl (C=O) groups excluding carboxylic acids is 1. The summed E-state index contributed by atoms with van der Waals surface area (Å²) in [4.78, 5) is 17.8. The van der Waals surface area contributed by atoms with Gasteiger partial charge in [-0.05, 0) is 31.2 Å². The molecule has 24 heavy (non-hydrogen) atoms. The number of anilines is 1. The Labute approximate surface area is 139 Å². The molecule has 0 saturated carbocycles. The Bertz CT molecular complexity index is 769. The smallest absolute Gasteiger partial charge is 0.252 e. The Hall–Kier alpha value is -3.39. The van der Waals surface area contributed by atoms with Crippen LogP contribution in [0.1, 0.15) is 19.2 Å². The summed E-state index contributed by atoms with van der Waals surface area (Å²) in [5.41, 5.74) is 0.666. The van der Waals surface area contributed by atoms with Gasteiger partial charge in [-0.2, -0.15) is 10.5 Å². The second-order valence-corrected chi connectivity index (χ2v) is 4.76.